The van der Waals surface area contributed by atoms with Crippen molar-refractivity contribution < 1.29 is 14.7 Å². The maximum absolute atomic E-state index is 12.0. The molecule has 0 saturated heterocycles. The first kappa shape index (κ1) is 15.9. The number of nitrogens with zero attached hydrogens (tertiary/aromatic N) is 2. The number of carboxylic acid groups (broad SMARTS) is 1. The number of hydrogen-bond donors (Lipinski definition) is 2. The van der Waals surface area contributed by atoms with Crippen molar-refractivity contribution >= 4 is 11.9 Å². The Morgan fingerprint density at radius 1 is 1.40 bits per heavy atom. The summed E-state index contributed by atoms with van der Waals surface area (Å²) in [7, 11) is 0. The third-order valence-corrected chi connectivity index (χ3v) is 2.75. The first-order chi connectivity index (χ1) is 9.36. The van der Waals surface area contributed by atoms with Crippen molar-refractivity contribution in [1.82, 2.24) is 15.1 Å². The highest BCUT2D eigenvalue weighted by Gasteiger charge is 2.24. The fraction of sp³-hybridized carbons (Fsp3) is 0.538. The molecule has 20 heavy (non-hydrogen) atoms. The van der Waals surface area contributed by atoms with E-state index in [-0.39, 0.29) is 17.2 Å². The molecule has 110 valence electrons. The van der Waals surface area contributed by atoms with Crippen molar-refractivity contribution in [2.24, 2.45) is 5.92 Å². The molecule has 7 nitrogen and oxygen atoms in total. The van der Waals surface area contributed by atoms with E-state index in [4.69, 9.17) is 5.11 Å². The lowest BCUT2D eigenvalue weighted by molar-refractivity contribution is -0.140. The molecule has 0 radical (unpaired) electrons. The van der Waals surface area contributed by atoms with E-state index in [1.54, 1.807) is 13.8 Å². The lowest BCUT2D eigenvalue weighted by Gasteiger charge is -2.17. The summed E-state index contributed by atoms with van der Waals surface area (Å²) < 4.78 is 1.19. The largest absolute Gasteiger partial charge is 0.480 e. The van der Waals surface area contributed by atoms with Gasteiger partial charge in [-0.05, 0) is 18.4 Å². The van der Waals surface area contributed by atoms with Crippen LogP contribution in [-0.4, -0.2) is 32.8 Å². The van der Waals surface area contributed by atoms with Crippen molar-refractivity contribution in [3.05, 3.63) is 28.2 Å². The maximum atomic E-state index is 12.0. The molecule has 0 bridgehead atoms. The van der Waals surface area contributed by atoms with Gasteiger partial charge in [0.1, 0.15) is 11.7 Å². The van der Waals surface area contributed by atoms with Gasteiger partial charge in [0.15, 0.2) is 0 Å². The van der Waals surface area contributed by atoms with E-state index in [0.29, 0.717) is 13.0 Å². The molecule has 0 saturated carbocycles. The normalized spacial score (nSPS) is 12.2. The van der Waals surface area contributed by atoms with E-state index in [9.17, 15) is 14.4 Å². The number of nitrogens with one attached hydrogen (secondary N) is 1. The van der Waals surface area contributed by atoms with E-state index >= 15 is 0 Å². The lowest BCUT2D eigenvalue weighted by atomic mass is 10.0. The van der Waals surface area contributed by atoms with Crippen LogP contribution in [0.2, 0.25) is 0 Å². The minimum absolute atomic E-state index is 0.0324. The first-order valence-electron chi connectivity index (χ1n) is 6.48. The van der Waals surface area contributed by atoms with Crippen LogP contribution in [0.5, 0.6) is 0 Å². The van der Waals surface area contributed by atoms with Crippen LogP contribution < -0.4 is 10.9 Å². The van der Waals surface area contributed by atoms with Gasteiger partial charge in [0, 0.05) is 12.6 Å². The average molecular weight is 281 g/mol. The number of rotatable bonds is 6. The van der Waals surface area contributed by atoms with E-state index < -0.39 is 17.9 Å². The third kappa shape index (κ3) is 3.91. The van der Waals surface area contributed by atoms with Crippen LogP contribution in [0.15, 0.2) is 16.9 Å². The second kappa shape index (κ2) is 6.83. The monoisotopic (exact) mass is 281 g/mol. The fourth-order valence-electron chi connectivity index (χ4n) is 1.67. The van der Waals surface area contributed by atoms with Crippen LogP contribution in [0.3, 0.4) is 0 Å². The molecule has 1 heterocycles. The number of aliphatic carboxylic acids is 1. The number of amides is 1. The van der Waals surface area contributed by atoms with Crippen LogP contribution in [0.1, 0.15) is 37.7 Å². The van der Waals surface area contributed by atoms with Crippen LogP contribution >= 0.6 is 0 Å². The van der Waals surface area contributed by atoms with Crippen molar-refractivity contribution in [1.29, 1.82) is 0 Å². The van der Waals surface area contributed by atoms with Gasteiger partial charge in [0.25, 0.3) is 11.5 Å². The predicted octanol–water partition coefficient (Wildman–Crippen LogP) is 0.492. The molecule has 0 aromatic carbocycles. The van der Waals surface area contributed by atoms with Gasteiger partial charge in [0.05, 0.1) is 0 Å². The van der Waals surface area contributed by atoms with Crippen molar-refractivity contribution in [2.75, 3.05) is 0 Å². The summed E-state index contributed by atoms with van der Waals surface area (Å²) in [5.41, 5.74) is -0.257. The van der Waals surface area contributed by atoms with Gasteiger partial charge in [-0.2, -0.15) is 5.10 Å². The molecule has 7 heteroatoms. The summed E-state index contributed by atoms with van der Waals surface area (Å²) in [6, 6.07) is 1.56. The summed E-state index contributed by atoms with van der Waals surface area (Å²) >= 11 is 0. The third-order valence-electron chi connectivity index (χ3n) is 2.75. The summed E-state index contributed by atoms with van der Waals surface area (Å²) in [6.07, 6.45) is 0.710. The number of hydrogen-bond acceptors (Lipinski definition) is 4. The van der Waals surface area contributed by atoms with Crippen molar-refractivity contribution in [3.63, 3.8) is 0 Å². The zero-order valence-electron chi connectivity index (χ0n) is 11.8. The highest BCUT2D eigenvalue weighted by molar-refractivity contribution is 5.94. The summed E-state index contributed by atoms with van der Waals surface area (Å²) in [5.74, 6) is -1.95. The Kier molecular flexibility index (Phi) is 5.42. The molecule has 0 fully saturated rings. The molecule has 1 rings (SSSR count). The molecule has 0 aliphatic rings. The van der Waals surface area contributed by atoms with E-state index in [1.807, 2.05) is 6.92 Å². The molecular weight excluding hydrogens is 262 g/mol. The van der Waals surface area contributed by atoms with Crippen molar-refractivity contribution in [2.45, 2.75) is 39.8 Å². The fourth-order valence-corrected chi connectivity index (χ4v) is 1.67. The molecule has 1 unspecified atom stereocenters. The number of carbonyl (C=O) groups excluding carboxylic acids is 1. The standard InChI is InChI=1S/C13H19N3O4/c1-4-7-16-10(17)6-5-9(15-16)12(18)14-11(8(2)3)13(19)20/h5-6,8,11H,4,7H2,1-3H3,(H,14,18)(H,19,20). The Morgan fingerprint density at radius 3 is 2.55 bits per heavy atom. The first-order valence-corrected chi connectivity index (χ1v) is 6.48. The molecule has 1 aromatic rings. The van der Waals surface area contributed by atoms with E-state index in [0.717, 1.165) is 0 Å². The highest BCUT2D eigenvalue weighted by atomic mass is 16.4. The van der Waals surface area contributed by atoms with Crippen LogP contribution in [0.4, 0.5) is 0 Å². The molecule has 0 aliphatic heterocycles. The Balaban J connectivity index is 2.95. The number of aromatic nitrogens is 2. The molecule has 2 N–H and O–H groups in total. The average Bonchev–Trinajstić information content (AvgIpc) is 2.37. The molecule has 1 aromatic heterocycles. The minimum Gasteiger partial charge on any atom is -0.480 e. The summed E-state index contributed by atoms with van der Waals surface area (Å²) in [5, 5.41) is 15.4. The second-order valence-electron chi connectivity index (χ2n) is 4.81. The van der Waals surface area contributed by atoms with Gasteiger partial charge in [0.2, 0.25) is 0 Å². The summed E-state index contributed by atoms with van der Waals surface area (Å²) in [4.78, 5) is 34.5. The maximum Gasteiger partial charge on any atom is 0.326 e. The zero-order valence-corrected chi connectivity index (χ0v) is 11.8. The van der Waals surface area contributed by atoms with Gasteiger partial charge in [-0.1, -0.05) is 20.8 Å². The van der Waals surface area contributed by atoms with Crippen molar-refractivity contribution in [3.8, 4) is 0 Å². The predicted molar refractivity (Wildman–Crippen MR) is 72.5 cm³/mol. The van der Waals surface area contributed by atoms with Crippen LogP contribution in [-0.2, 0) is 11.3 Å². The zero-order chi connectivity index (χ0) is 15.3. The smallest absolute Gasteiger partial charge is 0.326 e. The Hall–Kier alpha value is -2.18. The van der Waals surface area contributed by atoms with E-state index in [1.165, 1.54) is 16.8 Å². The second-order valence-corrected chi connectivity index (χ2v) is 4.81. The lowest BCUT2D eigenvalue weighted by Crippen LogP contribution is -2.45. The van der Waals surface area contributed by atoms with Gasteiger partial charge in [-0.25, -0.2) is 9.48 Å². The molecule has 0 spiro atoms. The highest BCUT2D eigenvalue weighted by Crippen LogP contribution is 2.03. The molecular formula is C13H19N3O4. The molecule has 1 amide bonds. The quantitative estimate of drug-likeness (QED) is 0.790. The van der Waals surface area contributed by atoms with Crippen LogP contribution in [0, 0.1) is 5.92 Å². The van der Waals surface area contributed by atoms with Gasteiger partial charge < -0.3 is 10.4 Å². The van der Waals surface area contributed by atoms with Gasteiger partial charge >= 0.3 is 5.97 Å². The van der Waals surface area contributed by atoms with Crippen LogP contribution in [0.25, 0.3) is 0 Å². The number of aryl methyl sites for hydroxylation is 1. The molecule has 1 atom stereocenters. The minimum atomic E-state index is -1.10. The van der Waals surface area contributed by atoms with E-state index in [2.05, 4.69) is 10.4 Å². The SMILES string of the molecule is CCCn1nc(C(=O)NC(C(=O)O)C(C)C)ccc1=O. The molecule has 0 aliphatic carbocycles. The van der Waals surface area contributed by atoms with Gasteiger partial charge in [-0.15, -0.1) is 0 Å². The summed E-state index contributed by atoms with van der Waals surface area (Å²) in [6.45, 7) is 5.70. The number of carbonyl (C=O) groups is 2. The van der Waals surface area contributed by atoms with Gasteiger partial charge in [-0.3, -0.25) is 9.59 Å². The Bertz CT molecular complexity index is 551. The topological polar surface area (TPSA) is 101 Å². The Morgan fingerprint density at radius 2 is 2.05 bits per heavy atom. The Labute approximate surface area is 116 Å². The number of carboxylic acids is 1.